The van der Waals surface area contributed by atoms with Gasteiger partial charge in [-0.3, -0.25) is 9.78 Å². The van der Waals surface area contributed by atoms with Gasteiger partial charge < -0.3 is 9.88 Å². The molecule has 3 aromatic heterocycles. The molecule has 1 aliphatic rings. The lowest BCUT2D eigenvalue weighted by Crippen LogP contribution is -2.41. The molecule has 5 aromatic rings. The molecule has 6 rings (SSSR count). The van der Waals surface area contributed by atoms with Crippen LogP contribution in [-0.2, 0) is 24.9 Å². The smallest absolute Gasteiger partial charge is 0.273 e. The van der Waals surface area contributed by atoms with E-state index in [4.69, 9.17) is 5.10 Å². The Morgan fingerprint density at radius 3 is 2.45 bits per heavy atom. The molecule has 1 aliphatic heterocycles. The zero-order valence-corrected chi connectivity index (χ0v) is 22.7. The number of carbonyl (C=O) groups excluding carboxylic acids is 1. The molecular weight excluding hydrogens is 470 g/mol. The van der Waals surface area contributed by atoms with Crippen molar-refractivity contribution < 1.29 is 4.79 Å². The van der Waals surface area contributed by atoms with Crippen LogP contribution in [0.5, 0.6) is 0 Å². The summed E-state index contributed by atoms with van der Waals surface area (Å²) in [5.74, 6) is -0.0787. The second-order valence-corrected chi connectivity index (χ2v) is 10.6. The first kappa shape index (κ1) is 24.2. The number of amides is 1. The van der Waals surface area contributed by atoms with Crippen molar-refractivity contribution in [2.45, 2.75) is 59.5 Å². The predicted octanol–water partition coefficient (Wildman–Crippen LogP) is 6.74. The molecule has 0 spiro atoms. The van der Waals surface area contributed by atoms with Gasteiger partial charge in [0.1, 0.15) is 5.69 Å². The van der Waals surface area contributed by atoms with E-state index in [9.17, 15) is 4.79 Å². The second-order valence-electron chi connectivity index (χ2n) is 10.6. The van der Waals surface area contributed by atoms with Gasteiger partial charge in [-0.1, -0.05) is 50.2 Å². The van der Waals surface area contributed by atoms with E-state index in [2.05, 4.69) is 85.7 Å². The lowest BCUT2D eigenvalue weighted by molar-refractivity contribution is 0.0561. The molecule has 0 saturated heterocycles. The molecule has 0 aliphatic carbocycles. The quantitative estimate of drug-likeness (QED) is 0.289. The standard InChI is InChI=1S/C32H33N5O/c1-6-21-11-10-12-22(7-2)28(21)37-29(24-15-14-20(3)27-23(24)16-18-34-27)25-19-36(32(4,5)30(25)35-37)31(38)26-13-8-9-17-33-26/h8-18,34H,6-7,19H2,1-5H3. The zero-order valence-electron chi connectivity index (χ0n) is 22.7. The van der Waals surface area contributed by atoms with Crippen molar-refractivity contribution in [1.29, 1.82) is 0 Å². The highest BCUT2D eigenvalue weighted by atomic mass is 16.2. The Kier molecular flexibility index (Phi) is 5.71. The molecule has 0 fully saturated rings. The average Bonchev–Trinajstić information content (AvgIpc) is 3.63. The van der Waals surface area contributed by atoms with E-state index in [1.807, 2.05) is 23.2 Å². The minimum Gasteiger partial charge on any atom is -0.361 e. The predicted molar refractivity (Wildman–Crippen MR) is 151 cm³/mol. The molecule has 2 aromatic carbocycles. The Hall–Kier alpha value is -4.19. The minimum atomic E-state index is -0.598. The van der Waals surface area contributed by atoms with Crippen molar-refractivity contribution in [3.8, 4) is 16.9 Å². The summed E-state index contributed by atoms with van der Waals surface area (Å²) in [5.41, 5.74) is 10.1. The fourth-order valence-corrected chi connectivity index (χ4v) is 5.96. The van der Waals surface area contributed by atoms with Gasteiger partial charge in [0, 0.05) is 34.4 Å². The van der Waals surface area contributed by atoms with E-state index in [1.165, 1.54) is 16.7 Å². The number of carbonyl (C=O) groups is 1. The number of pyridine rings is 1. The number of hydrogen-bond acceptors (Lipinski definition) is 3. The van der Waals surface area contributed by atoms with Crippen LogP contribution < -0.4 is 0 Å². The van der Waals surface area contributed by atoms with Crippen molar-refractivity contribution in [2.75, 3.05) is 0 Å². The zero-order chi connectivity index (χ0) is 26.6. The van der Waals surface area contributed by atoms with E-state index in [-0.39, 0.29) is 5.91 Å². The number of nitrogens with zero attached hydrogens (tertiary/aromatic N) is 4. The molecule has 0 bridgehead atoms. The molecule has 38 heavy (non-hydrogen) atoms. The van der Waals surface area contributed by atoms with Gasteiger partial charge in [0.05, 0.1) is 29.2 Å². The van der Waals surface area contributed by atoms with Crippen molar-refractivity contribution in [3.63, 3.8) is 0 Å². The van der Waals surface area contributed by atoms with E-state index < -0.39 is 5.54 Å². The summed E-state index contributed by atoms with van der Waals surface area (Å²) >= 11 is 0. The molecule has 0 atom stereocenters. The van der Waals surface area contributed by atoms with Crippen molar-refractivity contribution >= 4 is 16.8 Å². The lowest BCUT2D eigenvalue weighted by Gasteiger charge is -2.31. The number of nitrogens with one attached hydrogen (secondary N) is 1. The molecule has 4 heterocycles. The number of hydrogen-bond donors (Lipinski definition) is 1. The van der Waals surface area contributed by atoms with Crippen LogP contribution >= 0.6 is 0 Å². The molecular formula is C32H33N5O. The Morgan fingerprint density at radius 2 is 1.76 bits per heavy atom. The van der Waals surface area contributed by atoms with Gasteiger partial charge in [0.25, 0.3) is 5.91 Å². The number of fused-ring (bicyclic) bond motifs is 2. The minimum absolute atomic E-state index is 0.0787. The summed E-state index contributed by atoms with van der Waals surface area (Å²) in [6.45, 7) is 11.2. The molecule has 0 saturated carbocycles. The van der Waals surface area contributed by atoms with Crippen LogP contribution in [0.2, 0.25) is 0 Å². The first-order chi connectivity index (χ1) is 18.4. The first-order valence-corrected chi connectivity index (χ1v) is 13.4. The van der Waals surface area contributed by atoms with E-state index in [0.717, 1.165) is 51.9 Å². The van der Waals surface area contributed by atoms with E-state index >= 15 is 0 Å². The van der Waals surface area contributed by atoms with Crippen molar-refractivity contribution in [1.82, 2.24) is 24.6 Å². The maximum atomic E-state index is 13.7. The number of aryl methyl sites for hydroxylation is 3. The normalized spacial score (nSPS) is 14.3. The number of aromatic amines is 1. The third kappa shape index (κ3) is 3.51. The number of aromatic nitrogens is 4. The summed E-state index contributed by atoms with van der Waals surface area (Å²) in [6.07, 6.45) is 5.49. The number of H-pyrrole nitrogens is 1. The Bertz CT molecular complexity index is 1650. The average molecular weight is 504 g/mol. The van der Waals surface area contributed by atoms with Crippen LogP contribution in [-0.4, -0.2) is 30.6 Å². The van der Waals surface area contributed by atoms with Gasteiger partial charge in [-0.2, -0.15) is 5.10 Å². The third-order valence-corrected chi connectivity index (χ3v) is 8.05. The van der Waals surface area contributed by atoms with Crippen molar-refractivity contribution in [2.24, 2.45) is 0 Å². The van der Waals surface area contributed by atoms with Gasteiger partial charge in [0.15, 0.2) is 0 Å². The largest absolute Gasteiger partial charge is 0.361 e. The van der Waals surface area contributed by atoms with Crippen LogP contribution in [0.15, 0.2) is 67.0 Å². The molecule has 6 heteroatoms. The molecule has 192 valence electrons. The Morgan fingerprint density at radius 1 is 1.00 bits per heavy atom. The van der Waals surface area contributed by atoms with Gasteiger partial charge in [0.2, 0.25) is 0 Å². The first-order valence-electron chi connectivity index (χ1n) is 13.4. The summed E-state index contributed by atoms with van der Waals surface area (Å²) < 4.78 is 2.17. The summed E-state index contributed by atoms with van der Waals surface area (Å²) in [4.78, 5) is 23.4. The van der Waals surface area contributed by atoms with Gasteiger partial charge in [-0.25, -0.2) is 4.68 Å². The molecule has 1 amide bonds. The van der Waals surface area contributed by atoms with Crippen LogP contribution in [0.25, 0.3) is 27.8 Å². The Balaban J connectivity index is 1.63. The van der Waals surface area contributed by atoms with Crippen LogP contribution in [0.1, 0.15) is 66.1 Å². The maximum Gasteiger partial charge on any atom is 0.273 e. The molecule has 0 unspecified atom stereocenters. The van der Waals surface area contributed by atoms with E-state index in [1.54, 1.807) is 12.3 Å². The second kappa shape index (κ2) is 8.98. The lowest BCUT2D eigenvalue weighted by atomic mass is 9.96. The van der Waals surface area contributed by atoms with E-state index in [0.29, 0.717) is 12.2 Å². The van der Waals surface area contributed by atoms with Crippen LogP contribution in [0, 0.1) is 6.92 Å². The number of para-hydroxylation sites is 1. The highest BCUT2D eigenvalue weighted by Crippen LogP contribution is 2.46. The van der Waals surface area contributed by atoms with Gasteiger partial charge in [-0.15, -0.1) is 0 Å². The number of benzene rings is 2. The fourth-order valence-electron chi connectivity index (χ4n) is 5.96. The molecule has 0 radical (unpaired) electrons. The summed E-state index contributed by atoms with van der Waals surface area (Å²) in [5, 5.41) is 6.50. The third-order valence-electron chi connectivity index (χ3n) is 8.05. The van der Waals surface area contributed by atoms with Crippen molar-refractivity contribution in [3.05, 3.63) is 101 Å². The van der Waals surface area contributed by atoms with Crippen LogP contribution in [0.4, 0.5) is 0 Å². The van der Waals surface area contributed by atoms with Crippen LogP contribution in [0.3, 0.4) is 0 Å². The SMILES string of the molecule is CCc1cccc(CC)c1-n1nc2c(c1-c1ccc(C)c3[nH]ccc13)CN(C(=O)c1ccccn1)C2(C)C. The molecule has 1 N–H and O–H groups in total. The molecule has 6 nitrogen and oxygen atoms in total. The maximum absolute atomic E-state index is 13.7. The highest BCUT2D eigenvalue weighted by molar-refractivity contribution is 5.98. The Labute approximate surface area is 223 Å². The summed E-state index contributed by atoms with van der Waals surface area (Å²) in [6, 6.07) is 18.5. The fraction of sp³-hybridized carbons (Fsp3) is 0.281. The topological polar surface area (TPSA) is 66.8 Å². The van der Waals surface area contributed by atoms with Gasteiger partial charge in [-0.05, 0) is 68.5 Å². The number of rotatable bonds is 5. The monoisotopic (exact) mass is 503 g/mol. The highest BCUT2D eigenvalue weighted by Gasteiger charge is 2.46. The summed E-state index contributed by atoms with van der Waals surface area (Å²) in [7, 11) is 0. The van der Waals surface area contributed by atoms with Gasteiger partial charge >= 0.3 is 0 Å².